The number of carbonyl (C=O) groups excluding carboxylic acids is 2. The van der Waals surface area contributed by atoms with Gasteiger partial charge in [0, 0.05) is 23.9 Å². The lowest BCUT2D eigenvalue weighted by Gasteiger charge is -2.24. The van der Waals surface area contributed by atoms with Crippen LogP contribution in [-0.4, -0.2) is 16.3 Å². The molecule has 1 amide bonds. The van der Waals surface area contributed by atoms with Crippen LogP contribution >= 0.6 is 0 Å². The molecule has 2 N–H and O–H groups in total. The van der Waals surface area contributed by atoms with Crippen molar-refractivity contribution in [3.05, 3.63) is 126 Å². The molecule has 5 rings (SSSR count). The summed E-state index contributed by atoms with van der Waals surface area (Å²) in [5, 5.41) is 0.808. The molecule has 0 radical (unpaired) electrons. The van der Waals surface area contributed by atoms with Crippen LogP contribution in [0, 0.1) is 5.41 Å². The zero-order chi connectivity index (χ0) is 28.1. The molecule has 0 aliphatic heterocycles. The molecule has 5 heteroatoms. The predicted octanol–water partition coefficient (Wildman–Crippen LogP) is 7.21. The monoisotopic (exact) mass is 530 g/mol. The summed E-state index contributed by atoms with van der Waals surface area (Å²) in [7, 11) is 0. The summed E-state index contributed by atoms with van der Waals surface area (Å²) >= 11 is 0. The van der Waals surface area contributed by atoms with Crippen molar-refractivity contribution in [2.24, 2.45) is 11.1 Å². The molecule has 0 spiro atoms. The minimum Gasteiger partial charge on any atom is -0.489 e. The van der Waals surface area contributed by atoms with Gasteiger partial charge in [0.15, 0.2) is 5.78 Å². The van der Waals surface area contributed by atoms with Gasteiger partial charge < -0.3 is 15.0 Å². The van der Waals surface area contributed by atoms with Crippen LogP contribution in [0.4, 0.5) is 0 Å². The van der Waals surface area contributed by atoms with E-state index in [0.29, 0.717) is 37.3 Å². The number of hydrogen-bond acceptors (Lipinski definition) is 3. The van der Waals surface area contributed by atoms with E-state index in [0.717, 1.165) is 33.3 Å². The number of rotatable bonds is 11. The fourth-order valence-electron chi connectivity index (χ4n) is 5.01. The third-order valence-electron chi connectivity index (χ3n) is 7.31. The third kappa shape index (κ3) is 5.84. The summed E-state index contributed by atoms with van der Waals surface area (Å²) in [6, 6.07) is 35.8. The lowest BCUT2D eigenvalue weighted by atomic mass is 9.92. The van der Waals surface area contributed by atoms with Crippen LogP contribution < -0.4 is 10.5 Å². The molecule has 0 saturated carbocycles. The number of nitrogens with two attached hydrogens (primary N) is 1. The number of aryl methyl sites for hydroxylation is 1. The van der Waals surface area contributed by atoms with Gasteiger partial charge in [-0.15, -0.1) is 0 Å². The highest BCUT2D eigenvalue weighted by atomic mass is 16.5. The fraction of sp³-hybridized carbons (Fsp3) is 0.200. The lowest BCUT2D eigenvalue weighted by molar-refractivity contribution is -0.126. The molecular weight excluding hydrogens is 496 g/mol. The second kappa shape index (κ2) is 11.6. The molecule has 0 atom stereocenters. The molecule has 1 heterocycles. The minimum absolute atomic E-state index is 0.0450. The van der Waals surface area contributed by atoms with Crippen LogP contribution in [0.5, 0.6) is 5.75 Å². The van der Waals surface area contributed by atoms with E-state index >= 15 is 0 Å². The van der Waals surface area contributed by atoms with Gasteiger partial charge in [0.2, 0.25) is 5.91 Å². The predicted molar refractivity (Wildman–Crippen MR) is 160 cm³/mol. The third-order valence-corrected chi connectivity index (χ3v) is 7.31. The summed E-state index contributed by atoms with van der Waals surface area (Å²) in [6.07, 6.45) is 0.995. The van der Waals surface area contributed by atoms with Gasteiger partial charge in [-0.2, -0.15) is 0 Å². The second-order valence-corrected chi connectivity index (χ2v) is 10.8. The molecule has 202 valence electrons. The second-order valence-electron chi connectivity index (χ2n) is 10.8. The number of ketones is 1. The average Bonchev–Trinajstić information content (AvgIpc) is 3.29. The fourth-order valence-corrected chi connectivity index (χ4v) is 5.01. The first-order valence-corrected chi connectivity index (χ1v) is 13.6. The van der Waals surface area contributed by atoms with E-state index < -0.39 is 11.3 Å². The van der Waals surface area contributed by atoms with E-state index in [2.05, 4.69) is 4.57 Å². The molecule has 4 aromatic carbocycles. The molecule has 0 bridgehead atoms. The summed E-state index contributed by atoms with van der Waals surface area (Å²) in [5.74, 6) is 0.330. The number of aromatic nitrogens is 1. The van der Waals surface area contributed by atoms with Gasteiger partial charge >= 0.3 is 0 Å². The van der Waals surface area contributed by atoms with Crippen LogP contribution in [0.1, 0.15) is 41.8 Å². The van der Waals surface area contributed by atoms with Crippen molar-refractivity contribution in [1.82, 2.24) is 4.57 Å². The Morgan fingerprint density at radius 1 is 0.800 bits per heavy atom. The van der Waals surface area contributed by atoms with Crippen molar-refractivity contribution in [3.63, 3.8) is 0 Å². The standard InChI is InChI=1S/C35H34N2O3/c1-35(2,34(36)39)24-37-30-20-19-28(40-23-26-14-8-4-9-15-26)22-29(30)32(33(37)27-16-10-5-11-17-27)31(38)21-18-25-12-6-3-7-13-25/h3-17,19-20,22H,18,21,23-24H2,1-2H3,(H2,36,39). The maximum absolute atomic E-state index is 14.1. The van der Waals surface area contributed by atoms with Gasteiger partial charge in [0.25, 0.3) is 0 Å². The Kier molecular flexibility index (Phi) is 7.83. The number of amides is 1. The Bertz CT molecular complexity index is 1620. The van der Waals surface area contributed by atoms with Crippen LogP contribution in [-0.2, 0) is 24.4 Å². The van der Waals surface area contributed by atoms with Crippen molar-refractivity contribution < 1.29 is 14.3 Å². The largest absolute Gasteiger partial charge is 0.489 e. The highest BCUT2D eigenvalue weighted by Crippen LogP contribution is 2.39. The number of primary amides is 1. The van der Waals surface area contributed by atoms with E-state index in [1.807, 2.05) is 123 Å². The smallest absolute Gasteiger partial charge is 0.224 e. The van der Waals surface area contributed by atoms with Crippen molar-refractivity contribution in [2.45, 2.75) is 39.8 Å². The van der Waals surface area contributed by atoms with E-state index in [1.54, 1.807) is 0 Å². The van der Waals surface area contributed by atoms with Crippen LogP contribution in [0.15, 0.2) is 109 Å². The summed E-state index contributed by atoms with van der Waals surface area (Å²) in [5.41, 5.74) is 10.4. The zero-order valence-corrected chi connectivity index (χ0v) is 23.0. The molecule has 0 unspecified atom stereocenters. The molecule has 0 fully saturated rings. The van der Waals surface area contributed by atoms with Crippen LogP contribution in [0.25, 0.3) is 22.2 Å². The van der Waals surface area contributed by atoms with E-state index in [-0.39, 0.29) is 5.78 Å². The SMILES string of the molecule is CC(C)(Cn1c(-c2ccccc2)c(C(=O)CCc2ccccc2)c2cc(OCc3ccccc3)ccc21)C(N)=O. The Morgan fingerprint density at radius 3 is 2.02 bits per heavy atom. The van der Waals surface area contributed by atoms with E-state index in [1.165, 1.54) is 0 Å². The van der Waals surface area contributed by atoms with E-state index in [4.69, 9.17) is 10.5 Å². The Hall–Kier alpha value is -4.64. The van der Waals surface area contributed by atoms with Crippen molar-refractivity contribution in [3.8, 4) is 17.0 Å². The number of ether oxygens (including phenoxy) is 1. The molecule has 0 aliphatic carbocycles. The molecule has 0 aliphatic rings. The molecular formula is C35H34N2O3. The van der Waals surface area contributed by atoms with Crippen molar-refractivity contribution in [2.75, 3.05) is 0 Å². The Balaban J connectivity index is 1.64. The van der Waals surface area contributed by atoms with E-state index in [9.17, 15) is 9.59 Å². The number of hydrogen-bond donors (Lipinski definition) is 1. The number of nitrogens with zero attached hydrogens (tertiary/aromatic N) is 1. The zero-order valence-electron chi connectivity index (χ0n) is 23.0. The summed E-state index contributed by atoms with van der Waals surface area (Å²) < 4.78 is 8.24. The average molecular weight is 531 g/mol. The minimum atomic E-state index is -0.831. The van der Waals surface area contributed by atoms with Crippen LogP contribution in [0.3, 0.4) is 0 Å². The van der Waals surface area contributed by atoms with Gasteiger partial charge in [-0.25, -0.2) is 0 Å². The number of benzene rings is 4. The number of carbonyl (C=O) groups is 2. The van der Waals surface area contributed by atoms with Gasteiger partial charge in [0.1, 0.15) is 12.4 Å². The lowest BCUT2D eigenvalue weighted by Crippen LogP contribution is -2.35. The number of fused-ring (bicyclic) bond motifs is 1. The topological polar surface area (TPSA) is 74.3 Å². The molecule has 5 nitrogen and oxygen atoms in total. The maximum atomic E-state index is 14.1. The normalized spacial score (nSPS) is 11.4. The van der Waals surface area contributed by atoms with Gasteiger partial charge in [-0.3, -0.25) is 9.59 Å². The Morgan fingerprint density at radius 2 is 1.40 bits per heavy atom. The quantitative estimate of drug-likeness (QED) is 0.183. The first kappa shape index (κ1) is 26.9. The first-order valence-electron chi connectivity index (χ1n) is 13.6. The Labute approximate surface area is 235 Å². The van der Waals surface area contributed by atoms with Gasteiger partial charge in [-0.05, 0) is 55.2 Å². The first-order chi connectivity index (χ1) is 19.3. The molecule has 0 saturated heterocycles. The highest BCUT2D eigenvalue weighted by Gasteiger charge is 2.31. The molecule has 5 aromatic rings. The molecule has 1 aromatic heterocycles. The number of Topliss-reactive ketones (excluding diaryl/α,β-unsaturated/α-hetero) is 1. The van der Waals surface area contributed by atoms with Crippen molar-refractivity contribution >= 4 is 22.6 Å². The maximum Gasteiger partial charge on any atom is 0.224 e. The summed E-state index contributed by atoms with van der Waals surface area (Å²) in [6.45, 7) is 4.43. The summed E-state index contributed by atoms with van der Waals surface area (Å²) in [4.78, 5) is 26.5. The van der Waals surface area contributed by atoms with Gasteiger partial charge in [0.05, 0.1) is 16.7 Å². The molecule has 40 heavy (non-hydrogen) atoms. The highest BCUT2D eigenvalue weighted by molar-refractivity contribution is 6.14. The van der Waals surface area contributed by atoms with Crippen molar-refractivity contribution in [1.29, 1.82) is 0 Å². The van der Waals surface area contributed by atoms with Gasteiger partial charge in [-0.1, -0.05) is 91.0 Å². The van der Waals surface area contributed by atoms with Crippen LogP contribution in [0.2, 0.25) is 0 Å².